The normalized spacial score (nSPS) is 21.4. The van der Waals surface area contributed by atoms with Crippen molar-refractivity contribution in [2.75, 3.05) is 23.4 Å². The summed E-state index contributed by atoms with van der Waals surface area (Å²) in [5.41, 5.74) is 0.556. The van der Waals surface area contributed by atoms with Crippen LogP contribution in [-0.4, -0.2) is 33.7 Å². The number of hydrogen-bond donors (Lipinski definition) is 2. The van der Waals surface area contributed by atoms with Gasteiger partial charge in [-0.15, -0.1) is 0 Å². The maximum absolute atomic E-state index is 10.3. The van der Waals surface area contributed by atoms with E-state index in [4.69, 9.17) is 11.6 Å². The van der Waals surface area contributed by atoms with Gasteiger partial charge in [-0.3, -0.25) is 0 Å². The largest absolute Gasteiger partial charge is 0.387 e. The van der Waals surface area contributed by atoms with Crippen molar-refractivity contribution in [1.29, 1.82) is 5.26 Å². The molecule has 0 aliphatic carbocycles. The minimum atomic E-state index is -0.686. The van der Waals surface area contributed by atoms with Gasteiger partial charge in [-0.25, -0.2) is 4.98 Å². The Morgan fingerprint density at radius 2 is 2.33 bits per heavy atom. The molecule has 2 heterocycles. The summed E-state index contributed by atoms with van der Waals surface area (Å²) in [6.07, 6.45) is 0.777. The van der Waals surface area contributed by atoms with Gasteiger partial charge in [-0.1, -0.05) is 11.6 Å². The van der Waals surface area contributed by atoms with Crippen molar-refractivity contribution in [2.24, 2.45) is 0 Å². The number of fused-ring (bicyclic) bond motifs is 1. The molecule has 1 aromatic heterocycles. The van der Waals surface area contributed by atoms with Gasteiger partial charge < -0.3 is 10.4 Å². The quantitative estimate of drug-likeness (QED) is 0.910. The second-order valence-electron chi connectivity index (χ2n) is 5.21. The van der Waals surface area contributed by atoms with E-state index >= 15 is 0 Å². The van der Waals surface area contributed by atoms with E-state index in [1.165, 1.54) is 0 Å². The predicted molar refractivity (Wildman–Crippen MR) is 86.8 cm³/mol. The van der Waals surface area contributed by atoms with E-state index in [0.29, 0.717) is 28.5 Å². The fraction of sp³-hybridized carbons (Fsp3) is 0.333. The van der Waals surface area contributed by atoms with Crippen molar-refractivity contribution >= 4 is 40.1 Å². The zero-order valence-corrected chi connectivity index (χ0v) is 12.8. The number of nitrogens with zero attached hydrogens (tertiary/aromatic N) is 2. The topological polar surface area (TPSA) is 68.9 Å². The van der Waals surface area contributed by atoms with Gasteiger partial charge in [0.05, 0.1) is 22.8 Å². The zero-order valence-electron chi connectivity index (χ0n) is 11.3. The summed E-state index contributed by atoms with van der Waals surface area (Å²) in [6, 6.07) is 9.16. The number of aliphatic hydroxyl groups is 1. The number of halogens is 1. The molecule has 0 spiro atoms. The Hall–Kier alpha value is -1.48. The van der Waals surface area contributed by atoms with Crippen LogP contribution in [0.25, 0.3) is 10.9 Å². The van der Waals surface area contributed by atoms with E-state index in [9.17, 15) is 10.4 Å². The number of rotatable bonds is 3. The number of hydrogen-bond acceptors (Lipinski definition) is 5. The fourth-order valence-corrected chi connectivity index (χ4v) is 3.84. The van der Waals surface area contributed by atoms with Gasteiger partial charge in [0.2, 0.25) is 0 Å². The molecular formula is C15H14ClN3OS. The SMILES string of the molecule is N#Cc1cc(NCC2(O)CCSC2)nc2ccc(Cl)cc12. The molecule has 0 bridgehead atoms. The van der Waals surface area contributed by atoms with Crippen LogP contribution >= 0.6 is 23.4 Å². The van der Waals surface area contributed by atoms with Crippen molar-refractivity contribution in [3.8, 4) is 6.07 Å². The molecular weight excluding hydrogens is 306 g/mol. The lowest BCUT2D eigenvalue weighted by atomic mass is 10.0. The third kappa shape index (κ3) is 3.08. The van der Waals surface area contributed by atoms with Gasteiger partial charge in [-0.05, 0) is 36.4 Å². The van der Waals surface area contributed by atoms with Crippen LogP contribution in [0.15, 0.2) is 24.3 Å². The van der Waals surface area contributed by atoms with E-state index in [1.54, 1.807) is 36.0 Å². The van der Waals surface area contributed by atoms with Crippen LogP contribution in [0.2, 0.25) is 5.02 Å². The minimum absolute atomic E-state index is 0.441. The third-order valence-electron chi connectivity index (χ3n) is 3.57. The van der Waals surface area contributed by atoms with Crippen molar-refractivity contribution < 1.29 is 5.11 Å². The van der Waals surface area contributed by atoms with Gasteiger partial charge >= 0.3 is 0 Å². The number of benzene rings is 1. The molecule has 0 saturated carbocycles. The summed E-state index contributed by atoms with van der Waals surface area (Å²) in [5, 5.41) is 24.1. The van der Waals surface area contributed by atoms with Crippen LogP contribution < -0.4 is 5.32 Å². The van der Waals surface area contributed by atoms with Gasteiger partial charge in [-0.2, -0.15) is 17.0 Å². The molecule has 21 heavy (non-hydrogen) atoms. The monoisotopic (exact) mass is 319 g/mol. The first kappa shape index (κ1) is 14.5. The second kappa shape index (κ2) is 5.72. The molecule has 1 atom stereocenters. The summed E-state index contributed by atoms with van der Waals surface area (Å²) < 4.78 is 0. The van der Waals surface area contributed by atoms with Crippen molar-refractivity contribution in [1.82, 2.24) is 4.98 Å². The highest BCUT2D eigenvalue weighted by atomic mass is 35.5. The summed E-state index contributed by atoms with van der Waals surface area (Å²) in [6.45, 7) is 0.441. The van der Waals surface area contributed by atoms with Crippen LogP contribution in [-0.2, 0) is 0 Å². The molecule has 4 nitrogen and oxygen atoms in total. The van der Waals surface area contributed by atoms with Gasteiger partial charge in [0.1, 0.15) is 5.82 Å². The van der Waals surface area contributed by atoms with E-state index in [1.807, 2.05) is 0 Å². The van der Waals surface area contributed by atoms with Crippen molar-refractivity contribution in [3.63, 3.8) is 0 Å². The Bertz CT molecular complexity index is 723. The molecule has 1 saturated heterocycles. The zero-order chi connectivity index (χ0) is 14.9. The molecule has 1 aliphatic heterocycles. The summed E-state index contributed by atoms with van der Waals surface area (Å²) in [4.78, 5) is 4.48. The second-order valence-corrected chi connectivity index (χ2v) is 6.75. The molecule has 2 N–H and O–H groups in total. The standard InChI is InChI=1S/C15H14ClN3OS/c16-11-1-2-13-12(6-11)10(7-17)5-14(19-13)18-8-15(20)3-4-21-9-15/h1-2,5-6,20H,3-4,8-9H2,(H,18,19). The lowest BCUT2D eigenvalue weighted by molar-refractivity contribution is 0.0819. The highest BCUT2D eigenvalue weighted by Gasteiger charge is 2.31. The van der Waals surface area contributed by atoms with Crippen LogP contribution in [0.5, 0.6) is 0 Å². The Morgan fingerprint density at radius 3 is 3.05 bits per heavy atom. The third-order valence-corrected chi connectivity index (χ3v) is 5.04. The highest BCUT2D eigenvalue weighted by molar-refractivity contribution is 7.99. The minimum Gasteiger partial charge on any atom is -0.387 e. The highest BCUT2D eigenvalue weighted by Crippen LogP contribution is 2.29. The maximum atomic E-state index is 10.3. The first-order chi connectivity index (χ1) is 10.1. The first-order valence-corrected chi connectivity index (χ1v) is 8.17. The lowest BCUT2D eigenvalue weighted by Gasteiger charge is -2.22. The lowest BCUT2D eigenvalue weighted by Crippen LogP contribution is -2.36. The van der Waals surface area contributed by atoms with E-state index in [0.717, 1.165) is 23.3 Å². The summed E-state index contributed by atoms with van der Waals surface area (Å²) in [7, 11) is 0. The molecule has 1 fully saturated rings. The first-order valence-electron chi connectivity index (χ1n) is 6.64. The average Bonchev–Trinajstić information content (AvgIpc) is 2.92. The van der Waals surface area contributed by atoms with Crippen LogP contribution in [0, 0.1) is 11.3 Å². The smallest absolute Gasteiger partial charge is 0.128 e. The molecule has 108 valence electrons. The maximum Gasteiger partial charge on any atom is 0.128 e. The van der Waals surface area contributed by atoms with E-state index in [-0.39, 0.29) is 0 Å². The number of anilines is 1. The predicted octanol–water partition coefficient (Wildman–Crippen LogP) is 3.04. The van der Waals surface area contributed by atoms with Crippen molar-refractivity contribution in [3.05, 3.63) is 34.9 Å². The van der Waals surface area contributed by atoms with Gasteiger partial charge in [0.15, 0.2) is 0 Å². The molecule has 2 aromatic rings. The number of pyridine rings is 1. The van der Waals surface area contributed by atoms with E-state index < -0.39 is 5.60 Å². The van der Waals surface area contributed by atoms with E-state index in [2.05, 4.69) is 16.4 Å². The molecule has 6 heteroatoms. The molecule has 0 radical (unpaired) electrons. The molecule has 3 rings (SSSR count). The number of aromatic nitrogens is 1. The Kier molecular flexibility index (Phi) is 3.94. The van der Waals surface area contributed by atoms with Crippen molar-refractivity contribution in [2.45, 2.75) is 12.0 Å². The number of nitrogens with one attached hydrogen (secondary N) is 1. The number of nitriles is 1. The molecule has 1 unspecified atom stereocenters. The van der Waals surface area contributed by atoms with Gasteiger partial charge in [0, 0.05) is 22.7 Å². The molecule has 0 amide bonds. The van der Waals surface area contributed by atoms with Crippen LogP contribution in [0.4, 0.5) is 5.82 Å². The Morgan fingerprint density at radius 1 is 1.48 bits per heavy atom. The fourth-order valence-electron chi connectivity index (χ4n) is 2.37. The molecule has 1 aromatic carbocycles. The van der Waals surface area contributed by atoms with Crippen LogP contribution in [0.3, 0.4) is 0 Å². The summed E-state index contributed by atoms with van der Waals surface area (Å²) in [5.74, 6) is 2.31. The Labute approximate surface area is 132 Å². The van der Waals surface area contributed by atoms with Crippen LogP contribution in [0.1, 0.15) is 12.0 Å². The average molecular weight is 320 g/mol. The molecule has 1 aliphatic rings. The summed E-state index contributed by atoms with van der Waals surface area (Å²) >= 11 is 7.72. The van der Waals surface area contributed by atoms with Gasteiger partial charge in [0.25, 0.3) is 0 Å². The Balaban J connectivity index is 1.89. The number of thioether (sulfide) groups is 1.